The van der Waals surface area contributed by atoms with Crippen LogP contribution in [0.15, 0.2) is 12.1 Å². The van der Waals surface area contributed by atoms with E-state index >= 15 is 0 Å². The minimum absolute atomic E-state index is 0.0737. The van der Waals surface area contributed by atoms with Crippen molar-refractivity contribution in [3.05, 3.63) is 23.8 Å². The monoisotopic (exact) mass is 299 g/mol. The highest BCUT2D eigenvalue weighted by Crippen LogP contribution is 2.24. The molecule has 0 radical (unpaired) electrons. The van der Waals surface area contributed by atoms with Gasteiger partial charge in [0.25, 0.3) is 0 Å². The first-order chi connectivity index (χ1) is 10.0. The van der Waals surface area contributed by atoms with Crippen molar-refractivity contribution in [2.75, 3.05) is 23.8 Å². The Labute approximate surface area is 119 Å². The molecule has 1 aromatic carbocycles. The molecule has 1 unspecified atom stereocenters. The maximum Gasteiger partial charge on any atom is 0.249 e. The van der Waals surface area contributed by atoms with Crippen molar-refractivity contribution in [1.29, 1.82) is 0 Å². The number of hydrogen-bond acceptors (Lipinski definition) is 5. The minimum atomic E-state index is -0.784. The number of anilines is 2. The smallest absolute Gasteiger partial charge is 0.249 e. The number of carbonyl (C=O) groups excluding carboxylic acids is 2. The van der Waals surface area contributed by atoms with E-state index in [-0.39, 0.29) is 43.3 Å². The molecule has 1 saturated heterocycles. The molecule has 8 heteroatoms. The third-order valence-electron chi connectivity index (χ3n) is 3.05. The Morgan fingerprint density at radius 1 is 1.24 bits per heavy atom. The molecule has 0 saturated carbocycles. The summed E-state index contributed by atoms with van der Waals surface area (Å²) in [5.41, 5.74) is -0.230. The number of nitrogens with one attached hydrogen (secondary N) is 3. The highest BCUT2D eigenvalue weighted by atomic mass is 19.1. The minimum Gasteiger partial charge on any atom is -0.395 e. The van der Waals surface area contributed by atoms with Gasteiger partial charge >= 0.3 is 0 Å². The van der Waals surface area contributed by atoms with E-state index in [0.29, 0.717) is 0 Å². The van der Waals surface area contributed by atoms with Gasteiger partial charge in [0.05, 0.1) is 18.0 Å². The van der Waals surface area contributed by atoms with Gasteiger partial charge in [-0.3, -0.25) is 14.9 Å². The van der Waals surface area contributed by atoms with Crippen LogP contribution in [0.2, 0.25) is 0 Å². The normalized spacial score (nSPS) is 18.3. The van der Waals surface area contributed by atoms with Crippen LogP contribution >= 0.6 is 0 Å². The zero-order valence-corrected chi connectivity index (χ0v) is 11.1. The predicted octanol–water partition coefficient (Wildman–Crippen LogP) is 0.586. The van der Waals surface area contributed by atoms with Crippen molar-refractivity contribution < 1.29 is 23.5 Å². The van der Waals surface area contributed by atoms with Crippen LogP contribution in [-0.4, -0.2) is 36.1 Å². The summed E-state index contributed by atoms with van der Waals surface area (Å²) in [5, 5.41) is 15.9. The second kappa shape index (κ2) is 6.49. The molecule has 2 amide bonds. The van der Waals surface area contributed by atoms with Crippen LogP contribution < -0.4 is 16.0 Å². The van der Waals surface area contributed by atoms with Crippen LogP contribution in [0, 0.1) is 11.6 Å². The first-order valence-electron chi connectivity index (χ1n) is 6.45. The maximum absolute atomic E-state index is 13.9. The lowest BCUT2D eigenvalue weighted by Crippen LogP contribution is -2.47. The number of hydrogen-bond donors (Lipinski definition) is 4. The van der Waals surface area contributed by atoms with E-state index in [1.54, 1.807) is 0 Å². The summed E-state index contributed by atoms with van der Waals surface area (Å²) in [4.78, 5) is 22.6. The van der Waals surface area contributed by atoms with Gasteiger partial charge in [-0.2, -0.15) is 0 Å². The van der Waals surface area contributed by atoms with Gasteiger partial charge in [-0.15, -0.1) is 0 Å². The van der Waals surface area contributed by atoms with Crippen molar-refractivity contribution in [3.63, 3.8) is 0 Å². The summed E-state index contributed by atoms with van der Waals surface area (Å²) in [6.45, 7) is -0.117. The van der Waals surface area contributed by atoms with Gasteiger partial charge in [0, 0.05) is 25.1 Å². The highest BCUT2D eigenvalue weighted by Gasteiger charge is 2.27. The number of imide groups is 1. The van der Waals surface area contributed by atoms with Gasteiger partial charge in [-0.25, -0.2) is 8.78 Å². The van der Waals surface area contributed by atoms with Crippen molar-refractivity contribution in [1.82, 2.24) is 5.32 Å². The Kier molecular flexibility index (Phi) is 4.69. The Hall–Kier alpha value is -2.22. The van der Waals surface area contributed by atoms with Gasteiger partial charge in [-0.05, 0) is 6.42 Å². The highest BCUT2D eigenvalue weighted by molar-refractivity contribution is 6.01. The van der Waals surface area contributed by atoms with Crippen LogP contribution in [-0.2, 0) is 9.59 Å². The Balaban J connectivity index is 2.11. The van der Waals surface area contributed by atoms with Gasteiger partial charge in [0.15, 0.2) is 0 Å². The molecule has 1 aliphatic rings. The third-order valence-corrected chi connectivity index (χ3v) is 3.05. The number of aliphatic hydroxyl groups excluding tert-OH is 1. The molecule has 1 atom stereocenters. The zero-order chi connectivity index (χ0) is 15.4. The average molecular weight is 299 g/mol. The first-order valence-corrected chi connectivity index (χ1v) is 6.45. The van der Waals surface area contributed by atoms with E-state index < -0.39 is 23.6 Å². The molecule has 2 rings (SSSR count). The quantitative estimate of drug-likeness (QED) is 0.597. The van der Waals surface area contributed by atoms with Crippen LogP contribution in [0.5, 0.6) is 0 Å². The number of aliphatic hydroxyl groups is 1. The van der Waals surface area contributed by atoms with E-state index in [2.05, 4.69) is 16.0 Å². The SMILES string of the molecule is O=C1CCC(Nc2cc(F)c(NCCO)cc2F)C(=O)N1. The Bertz CT molecular complexity index is 566. The van der Waals surface area contributed by atoms with E-state index in [1.165, 1.54) is 0 Å². The molecule has 1 aromatic rings. The molecule has 4 N–H and O–H groups in total. The van der Waals surface area contributed by atoms with Crippen LogP contribution in [0.4, 0.5) is 20.2 Å². The maximum atomic E-state index is 13.9. The van der Waals surface area contributed by atoms with Crippen molar-refractivity contribution in [2.24, 2.45) is 0 Å². The summed E-state index contributed by atoms with van der Waals surface area (Å²) in [5.74, 6) is -2.39. The summed E-state index contributed by atoms with van der Waals surface area (Å²) in [6, 6.07) is 1.09. The van der Waals surface area contributed by atoms with Crippen LogP contribution in [0.25, 0.3) is 0 Å². The zero-order valence-electron chi connectivity index (χ0n) is 11.1. The van der Waals surface area contributed by atoms with Crippen molar-refractivity contribution in [3.8, 4) is 0 Å². The van der Waals surface area contributed by atoms with Gasteiger partial charge in [0.2, 0.25) is 11.8 Å². The predicted molar refractivity (Wildman–Crippen MR) is 71.7 cm³/mol. The standard InChI is InChI=1S/C13H15F2N3O3/c14-7-6-11(8(15)5-10(7)16-3-4-19)17-9-1-2-12(20)18-13(9)21/h5-6,9,16-17,19H,1-4H2,(H,18,20,21). The summed E-state index contributed by atoms with van der Waals surface area (Å²) >= 11 is 0. The Morgan fingerprint density at radius 2 is 1.90 bits per heavy atom. The second-order valence-electron chi connectivity index (χ2n) is 4.61. The number of amides is 2. The number of piperidine rings is 1. The molecule has 0 aromatic heterocycles. The topological polar surface area (TPSA) is 90.5 Å². The van der Waals surface area contributed by atoms with E-state index in [9.17, 15) is 18.4 Å². The van der Waals surface area contributed by atoms with E-state index in [1.807, 2.05) is 0 Å². The number of carbonyl (C=O) groups is 2. The second-order valence-corrected chi connectivity index (χ2v) is 4.61. The van der Waals surface area contributed by atoms with Gasteiger partial charge < -0.3 is 15.7 Å². The lowest BCUT2D eigenvalue weighted by atomic mass is 10.1. The summed E-state index contributed by atoms with van der Waals surface area (Å²) in [7, 11) is 0. The van der Waals surface area contributed by atoms with Crippen molar-refractivity contribution >= 4 is 23.2 Å². The lowest BCUT2D eigenvalue weighted by Gasteiger charge is -2.23. The molecule has 21 heavy (non-hydrogen) atoms. The van der Waals surface area contributed by atoms with Crippen LogP contribution in [0.3, 0.4) is 0 Å². The Morgan fingerprint density at radius 3 is 2.57 bits per heavy atom. The molecule has 0 aliphatic carbocycles. The lowest BCUT2D eigenvalue weighted by molar-refractivity contribution is -0.133. The molecule has 1 fully saturated rings. The number of benzene rings is 1. The number of halogens is 2. The summed E-state index contributed by atoms with van der Waals surface area (Å²) in [6.07, 6.45) is 0.361. The van der Waals surface area contributed by atoms with E-state index in [0.717, 1.165) is 12.1 Å². The molecule has 114 valence electrons. The number of rotatable bonds is 5. The van der Waals surface area contributed by atoms with Gasteiger partial charge in [0.1, 0.15) is 17.7 Å². The first kappa shape index (κ1) is 15.2. The molecule has 0 bridgehead atoms. The molecule has 1 aliphatic heterocycles. The summed E-state index contributed by atoms with van der Waals surface area (Å²) < 4.78 is 27.6. The largest absolute Gasteiger partial charge is 0.395 e. The molecule has 6 nitrogen and oxygen atoms in total. The third kappa shape index (κ3) is 3.66. The fourth-order valence-electron chi connectivity index (χ4n) is 2.00. The van der Waals surface area contributed by atoms with Crippen molar-refractivity contribution in [2.45, 2.75) is 18.9 Å². The van der Waals surface area contributed by atoms with Gasteiger partial charge in [-0.1, -0.05) is 0 Å². The van der Waals surface area contributed by atoms with Crippen LogP contribution in [0.1, 0.15) is 12.8 Å². The fraction of sp³-hybridized carbons (Fsp3) is 0.385. The molecular formula is C13H15F2N3O3. The fourth-order valence-corrected chi connectivity index (χ4v) is 2.00. The van der Waals surface area contributed by atoms with E-state index in [4.69, 9.17) is 5.11 Å². The molecule has 0 spiro atoms. The average Bonchev–Trinajstić information content (AvgIpc) is 2.43. The molecular weight excluding hydrogens is 284 g/mol. The molecule has 1 heterocycles.